The van der Waals surface area contributed by atoms with Gasteiger partial charge in [-0.2, -0.15) is 0 Å². The zero-order valence-electron chi connectivity index (χ0n) is 12.4. The van der Waals surface area contributed by atoms with Crippen LogP contribution in [0.1, 0.15) is 27.6 Å². The Hall–Kier alpha value is -2.80. The number of nitro benzene ring substituents is 1. The number of benzene rings is 2. The van der Waals surface area contributed by atoms with Crippen molar-refractivity contribution in [2.45, 2.75) is 13.0 Å². The summed E-state index contributed by atoms with van der Waals surface area (Å²) in [5.74, 6) is -1.90. The summed E-state index contributed by atoms with van der Waals surface area (Å²) in [7, 11) is 0. The quantitative estimate of drug-likeness (QED) is 0.354. The van der Waals surface area contributed by atoms with Crippen molar-refractivity contribution in [3.8, 4) is 0 Å². The van der Waals surface area contributed by atoms with E-state index < -0.39 is 28.6 Å². The number of non-ortho nitro benzene ring substituents is 1. The second kappa shape index (κ2) is 7.18. The van der Waals surface area contributed by atoms with Gasteiger partial charge in [0, 0.05) is 17.7 Å². The van der Waals surface area contributed by atoms with E-state index in [9.17, 15) is 24.1 Å². The van der Waals surface area contributed by atoms with Gasteiger partial charge in [-0.1, -0.05) is 11.6 Å². The molecule has 0 aliphatic carbocycles. The minimum atomic E-state index is -1.13. The molecule has 0 aromatic heterocycles. The number of halogens is 2. The Morgan fingerprint density at radius 1 is 1.21 bits per heavy atom. The highest BCUT2D eigenvalue weighted by atomic mass is 35.5. The molecule has 0 fully saturated rings. The van der Waals surface area contributed by atoms with Gasteiger partial charge in [0.05, 0.1) is 15.5 Å². The molecule has 2 rings (SSSR count). The Bertz CT molecular complexity index is 807. The van der Waals surface area contributed by atoms with Crippen molar-refractivity contribution in [1.82, 2.24) is 0 Å². The van der Waals surface area contributed by atoms with Crippen molar-refractivity contribution in [2.24, 2.45) is 0 Å². The van der Waals surface area contributed by atoms with E-state index in [-0.39, 0.29) is 21.8 Å². The number of hydrogen-bond donors (Lipinski definition) is 0. The molecule has 0 aliphatic heterocycles. The third kappa shape index (κ3) is 3.94. The molecule has 0 heterocycles. The van der Waals surface area contributed by atoms with Gasteiger partial charge < -0.3 is 4.74 Å². The summed E-state index contributed by atoms with van der Waals surface area (Å²) < 4.78 is 17.9. The summed E-state index contributed by atoms with van der Waals surface area (Å²) in [5.41, 5.74) is -0.181. The van der Waals surface area contributed by atoms with Gasteiger partial charge in [-0.3, -0.25) is 14.9 Å². The Morgan fingerprint density at radius 3 is 2.38 bits per heavy atom. The number of esters is 1. The largest absolute Gasteiger partial charge is 0.451 e. The monoisotopic (exact) mass is 351 g/mol. The normalized spacial score (nSPS) is 11.6. The van der Waals surface area contributed by atoms with Crippen molar-refractivity contribution in [3.63, 3.8) is 0 Å². The van der Waals surface area contributed by atoms with Crippen molar-refractivity contribution in [2.75, 3.05) is 0 Å². The lowest BCUT2D eigenvalue weighted by molar-refractivity contribution is -0.384. The first kappa shape index (κ1) is 17.6. The van der Waals surface area contributed by atoms with Gasteiger partial charge >= 0.3 is 5.97 Å². The fraction of sp³-hybridized carbons (Fsp3) is 0.125. The Labute approximate surface area is 141 Å². The van der Waals surface area contributed by atoms with E-state index in [1.165, 1.54) is 19.1 Å². The molecule has 0 unspecified atom stereocenters. The van der Waals surface area contributed by atoms with Crippen LogP contribution < -0.4 is 0 Å². The van der Waals surface area contributed by atoms with Gasteiger partial charge in [0.15, 0.2) is 6.10 Å². The molecule has 0 saturated carbocycles. The van der Waals surface area contributed by atoms with Gasteiger partial charge in [0.25, 0.3) is 5.69 Å². The average molecular weight is 352 g/mol. The molecule has 0 amide bonds. The molecule has 0 spiro atoms. The van der Waals surface area contributed by atoms with Gasteiger partial charge in [0.2, 0.25) is 5.78 Å². The molecule has 24 heavy (non-hydrogen) atoms. The molecule has 0 N–H and O–H groups in total. The highest BCUT2D eigenvalue weighted by Gasteiger charge is 2.22. The number of ketones is 1. The first-order valence-corrected chi connectivity index (χ1v) is 7.12. The molecule has 8 heteroatoms. The maximum absolute atomic E-state index is 12.9. The lowest BCUT2D eigenvalue weighted by Crippen LogP contribution is -2.24. The van der Waals surface area contributed by atoms with Gasteiger partial charge in [-0.05, 0) is 37.3 Å². The van der Waals surface area contributed by atoms with Crippen LogP contribution in [0.4, 0.5) is 10.1 Å². The summed E-state index contributed by atoms with van der Waals surface area (Å²) in [6.45, 7) is 1.36. The topological polar surface area (TPSA) is 86.5 Å². The maximum atomic E-state index is 12.9. The van der Waals surface area contributed by atoms with E-state index in [0.29, 0.717) is 0 Å². The zero-order valence-corrected chi connectivity index (χ0v) is 13.1. The number of carbonyl (C=O) groups excluding carboxylic acids is 2. The smallest absolute Gasteiger partial charge is 0.340 e. The molecule has 124 valence electrons. The minimum absolute atomic E-state index is 0.0963. The van der Waals surface area contributed by atoms with Crippen molar-refractivity contribution in [1.29, 1.82) is 0 Å². The summed E-state index contributed by atoms with van der Waals surface area (Å²) in [5, 5.41) is 10.5. The van der Waals surface area contributed by atoms with Crippen LogP contribution in [0.3, 0.4) is 0 Å². The molecule has 0 aliphatic rings. The SMILES string of the molecule is C[C@H](OC(=O)c1ccc([N+](=O)[O-])cc1Cl)C(=O)c1ccc(F)cc1. The van der Waals surface area contributed by atoms with Crippen molar-refractivity contribution in [3.05, 3.63) is 74.5 Å². The summed E-state index contributed by atoms with van der Waals surface area (Å²) in [4.78, 5) is 34.2. The second-order valence-corrected chi connectivity index (χ2v) is 5.25. The number of carbonyl (C=O) groups is 2. The first-order chi connectivity index (χ1) is 11.3. The highest BCUT2D eigenvalue weighted by Crippen LogP contribution is 2.23. The average Bonchev–Trinajstić information content (AvgIpc) is 2.54. The fourth-order valence-electron chi connectivity index (χ4n) is 1.91. The Morgan fingerprint density at radius 2 is 1.83 bits per heavy atom. The predicted molar refractivity (Wildman–Crippen MR) is 83.7 cm³/mol. The molecule has 0 saturated heterocycles. The second-order valence-electron chi connectivity index (χ2n) is 4.84. The van der Waals surface area contributed by atoms with Gasteiger partial charge in [-0.25, -0.2) is 9.18 Å². The van der Waals surface area contributed by atoms with E-state index >= 15 is 0 Å². The van der Waals surface area contributed by atoms with Crippen molar-refractivity contribution < 1.29 is 23.6 Å². The van der Waals surface area contributed by atoms with E-state index in [0.717, 1.165) is 30.3 Å². The lowest BCUT2D eigenvalue weighted by Gasteiger charge is -2.13. The van der Waals surface area contributed by atoms with Gasteiger partial charge in [-0.15, -0.1) is 0 Å². The predicted octanol–water partition coefficient (Wildman–Crippen LogP) is 3.82. The molecular formula is C16H11ClFNO5. The third-order valence-electron chi connectivity index (χ3n) is 3.17. The van der Waals surface area contributed by atoms with E-state index in [1.54, 1.807) is 0 Å². The number of nitro groups is 1. The first-order valence-electron chi connectivity index (χ1n) is 6.74. The van der Waals surface area contributed by atoms with E-state index in [4.69, 9.17) is 16.3 Å². The zero-order chi connectivity index (χ0) is 17.9. The summed E-state index contributed by atoms with van der Waals surface area (Å²) in [6, 6.07) is 8.07. The molecule has 2 aromatic rings. The Balaban J connectivity index is 2.12. The molecule has 2 aromatic carbocycles. The third-order valence-corrected chi connectivity index (χ3v) is 3.48. The fourth-order valence-corrected chi connectivity index (χ4v) is 2.16. The Kier molecular flexibility index (Phi) is 5.25. The molecule has 6 nitrogen and oxygen atoms in total. The summed E-state index contributed by atoms with van der Waals surface area (Å²) in [6.07, 6.45) is -1.13. The standard InChI is InChI=1S/C16H11ClFNO5/c1-9(15(20)10-2-4-11(18)5-3-10)24-16(21)13-7-6-12(19(22)23)8-14(13)17/h2-9H,1H3/t9-/m0/s1. The maximum Gasteiger partial charge on any atom is 0.340 e. The molecule has 1 atom stereocenters. The van der Waals surface area contributed by atoms with Gasteiger partial charge in [0.1, 0.15) is 5.82 Å². The number of Topliss-reactive ketones (excluding diaryl/α,β-unsaturated/α-hetero) is 1. The number of hydrogen-bond acceptors (Lipinski definition) is 5. The number of ether oxygens (including phenoxy) is 1. The van der Waals surface area contributed by atoms with E-state index in [1.807, 2.05) is 0 Å². The number of nitrogens with zero attached hydrogens (tertiary/aromatic N) is 1. The van der Waals surface area contributed by atoms with Crippen LogP contribution in [-0.4, -0.2) is 22.8 Å². The summed E-state index contributed by atoms with van der Waals surface area (Å²) >= 11 is 5.83. The molecule has 0 radical (unpaired) electrons. The van der Waals surface area contributed by atoms with Crippen LogP contribution in [0.2, 0.25) is 5.02 Å². The molecule has 0 bridgehead atoms. The minimum Gasteiger partial charge on any atom is -0.451 e. The van der Waals surface area contributed by atoms with E-state index in [2.05, 4.69) is 0 Å². The molecular weight excluding hydrogens is 341 g/mol. The lowest BCUT2D eigenvalue weighted by atomic mass is 10.1. The van der Waals surface area contributed by atoms with Crippen LogP contribution in [0.5, 0.6) is 0 Å². The number of rotatable bonds is 5. The van der Waals surface area contributed by atoms with Crippen LogP contribution in [0.15, 0.2) is 42.5 Å². The van der Waals surface area contributed by atoms with Crippen molar-refractivity contribution >= 4 is 29.0 Å². The van der Waals surface area contributed by atoms with Crippen LogP contribution >= 0.6 is 11.6 Å². The van der Waals surface area contributed by atoms with Crippen LogP contribution in [-0.2, 0) is 4.74 Å². The van der Waals surface area contributed by atoms with Crippen LogP contribution in [0, 0.1) is 15.9 Å². The highest BCUT2D eigenvalue weighted by molar-refractivity contribution is 6.33. The van der Waals surface area contributed by atoms with Crippen LogP contribution in [0.25, 0.3) is 0 Å².